The molecule has 100 valence electrons. The maximum absolute atomic E-state index is 13.2. The Morgan fingerprint density at radius 1 is 1.67 bits per heavy atom. The van der Waals surface area contributed by atoms with Gasteiger partial charge in [-0.2, -0.15) is 17.0 Å². The van der Waals surface area contributed by atoms with Gasteiger partial charge in [-0.1, -0.05) is 13.5 Å². The minimum atomic E-state index is -1.89. The van der Waals surface area contributed by atoms with Crippen molar-refractivity contribution in [3.8, 4) is 6.07 Å². The van der Waals surface area contributed by atoms with Crippen LogP contribution in [0.15, 0.2) is 12.7 Å². The van der Waals surface area contributed by atoms with Crippen LogP contribution in [-0.4, -0.2) is 35.5 Å². The van der Waals surface area contributed by atoms with E-state index < -0.39 is 11.6 Å². The highest BCUT2D eigenvalue weighted by atomic mass is 32.2. The Morgan fingerprint density at radius 2 is 2.28 bits per heavy atom. The molecule has 0 bridgehead atoms. The lowest BCUT2D eigenvalue weighted by Gasteiger charge is -2.13. The third-order valence-corrected chi connectivity index (χ3v) is 3.53. The van der Waals surface area contributed by atoms with Gasteiger partial charge in [0.15, 0.2) is 12.4 Å². The summed E-state index contributed by atoms with van der Waals surface area (Å²) < 4.78 is 17.8. The highest BCUT2D eigenvalue weighted by molar-refractivity contribution is 7.99. The number of ether oxygens (including phenoxy) is 1. The van der Waals surface area contributed by atoms with Crippen molar-refractivity contribution in [1.82, 2.24) is 0 Å². The van der Waals surface area contributed by atoms with Crippen LogP contribution < -0.4 is 0 Å². The Hall–Kier alpha value is -1.35. The van der Waals surface area contributed by atoms with E-state index >= 15 is 0 Å². The van der Waals surface area contributed by atoms with Crippen molar-refractivity contribution >= 4 is 23.5 Å². The highest BCUT2D eigenvalue weighted by Crippen LogP contribution is 2.19. The molecule has 18 heavy (non-hydrogen) atoms. The van der Waals surface area contributed by atoms with Crippen LogP contribution in [-0.2, 0) is 14.3 Å². The predicted molar refractivity (Wildman–Crippen MR) is 67.8 cm³/mol. The first-order chi connectivity index (χ1) is 8.32. The van der Waals surface area contributed by atoms with Crippen LogP contribution in [0.2, 0.25) is 0 Å². The molecule has 0 aromatic heterocycles. The van der Waals surface area contributed by atoms with E-state index in [4.69, 9.17) is 5.26 Å². The lowest BCUT2D eigenvalue weighted by atomic mass is 10.1. The Morgan fingerprint density at radius 3 is 2.78 bits per heavy atom. The molecule has 0 amide bonds. The standard InChI is InChI=1S/C12H16FNO3S/c1-4-11(16)17-5-10(15)9(2)6-18-8-12(3,13)7-14/h4,9H,1,5-6,8H2,2-3H3. The minimum absolute atomic E-state index is 0.00751. The van der Waals surface area contributed by atoms with Crippen LogP contribution in [0, 0.1) is 17.2 Å². The second-order valence-electron chi connectivity index (χ2n) is 4.00. The number of alkyl halides is 1. The molecule has 0 aromatic carbocycles. The zero-order chi connectivity index (χ0) is 14.2. The van der Waals surface area contributed by atoms with Crippen molar-refractivity contribution < 1.29 is 18.7 Å². The van der Waals surface area contributed by atoms with E-state index in [1.54, 1.807) is 6.92 Å². The Bertz CT molecular complexity index is 363. The highest BCUT2D eigenvalue weighted by Gasteiger charge is 2.23. The number of rotatable bonds is 8. The molecular weight excluding hydrogens is 257 g/mol. The van der Waals surface area contributed by atoms with Crippen LogP contribution >= 0.6 is 11.8 Å². The molecule has 0 aliphatic heterocycles. The smallest absolute Gasteiger partial charge is 0.330 e. The fourth-order valence-electron chi connectivity index (χ4n) is 0.896. The molecule has 4 nitrogen and oxygen atoms in total. The third-order valence-electron chi connectivity index (χ3n) is 2.05. The van der Waals surface area contributed by atoms with Gasteiger partial charge in [-0.25, -0.2) is 9.18 Å². The molecule has 0 N–H and O–H groups in total. The summed E-state index contributed by atoms with van der Waals surface area (Å²) in [6, 6.07) is 1.54. The summed E-state index contributed by atoms with van der Waals surface area (Å²) >= 11 is 1.18. The molecule has 0 heterocycles. The number of hydrogen-bond donors (Lipinski definition) is 0. The van der Waals surface area contributed by atoms with Gasteiger partial charge in [-0.15, -0.1) is 0 Å². The molecule has 2 unspecified atom stereocenters. The second kappa shape index (κ2) is 7.88. The van der Waals surface area contributed by atoms with Gasteiger partial charge in [-0.3, -0.25) is 4.79 Å². The maximum atomic E-state index is 13.2. The Kier molecular flexibility index (Phi) is 7.29. The van der Waals surface area contributed by atoms with Crippen molar-refractivity contribution in [2.75, 3.05) is 18.1 Å². The molecule has 0 aromatic rings. The summed E-state index contributed by atoms with van der Waals surface area (Å²) in [5.41, 5.74) is -1.89. The van der Waals surface area contributed by atoms with E-state index in [1.807, 2.05) is 0 Å². The molecular formula is C12H16FNO3S. The largest absolute Gasteiger partial charge is 0.455 e. The molecule has 6 heteroatoms. The molecule has 0 spiro atoms. The summed E-state index contributed by atoms with van der Waals surface area (Å²) in [4.78, 5) is 22.2. The molecule has 0 aliphatic carbocycles. The number of halogens is 1. The summed E-state index contributed by atoms with van der Waals surface area (Å²) in [6.45, 7) is 5.76. The van der Waals surface area contributed by atoms with E-state index in [1.165, 1.54) is 24.8 Å². The third kappa shape index (κ3) is 7.07. The topological polar surface area (TPSA) is 67.2 Å². The van der Waals surface area contributed by atoms with Crippen LogP contribution in [0.25, 0.3) is 0 Å². The predicted octanol–water partition coefficient (Wildman–Crippen LogP) is 1.91. The average molecular weight is 273 g/mol. The second-order valence-corrected chi connectivity index (χ2v) is 5.03. The number of esters is 1. The van der Waals surface area contributed by atoms with E-state index in [0.717, 1.165) is 6.08 Å². The number of nitriles is 1. The van der Waals surface area contributed by atoms with Crippen molar-refractivity contribution in [3.05, 3.63) is 12.7 Å². The fraction of sp³-hybridized carbons (Fsp3) is 0.583. The van der Waals surface area contributed by atoms with Gasteiger partial charge in [0.1, 0.15) is 6.07 Å². The van der Waals surface area contributed by atoms with Crippen LogP contribution in [0.3, 0.4) is 0 Å². The molecule has 0 rings (SSSR count). The lowest BCUT2D eigenvalue weighted by molar-refractivity contribution is -0.144. The van der Waals surface area contributed by atoms with Crippen LogP contribution in [0.5, 0.6) is 0 Å². The molecule has 0 radical (unpaired) electrons. The Balaban J connectivity index is 3.92. The maximum Gasteiger partial charge on any atom is 0.330 e. The lowest BCUT2D eigenvalue weighted by Crippen LogP contribution is -2.23. The zero-order valence-electron chi connectivity index (χ0n) is 10.4. The first-order valence-corrected chi connectivity index (χ1v) is 6.47. The normalized spacial score (nSPS) is 15.0. The number of thioether (sulfide) groups is 1. The van der Waals surface area contributed by atoms with Crippen molar-refractivity contribution in [3.63, 3.8) is 0 Å². The van der Waals surface area contributed by atoms with Crippen molar-refractivity contribution in [2.45, 2.75) is 19.5 Å². The number of ketones is 1. The molecule has 0 saturated carbocycles. The number of hydrogen-bond acceptors (Lipinski definition) is 5. The van der Waals surface area contributed by atoms with Gasteiger partial charge >= 0.3 is 5.97 Å². The molecule has 0 fully saturated rings. The fourth-order valence-corrected chi connectivity index (χ4v) is 2.00. The minimum Gasteiger partial charge on any atom is -0.455 e. The summed E-state index contributed by atoms with van der Waals surface area (Å²) in [7, 11) is 0. The van der Waals surface area contributed by atoms with Crippen molar-refractivity contribution in [2.24, 2.45) is 5.92 Å². The van der Waals surface area contributed by atoms with E-state index in [-0.39, 0.29) is 24.1 Å². The zero-order valence-corrected chi connectivity index (χ0v) is 11.3. The number of Topliss-reactive ketones (excluding diaryl/α,β-unsaturated/α-hetero) is 1. The van der Waals surface area contributed by atoms with Gasteiger partial charge < -0.3 is 4.74 Å². The number of carbonyl (C=O) groups is 2. The molecule has 0 aliphatic rings. The number of carbonyl (C=O) groups excluding carboxylic acids is 2. The van der Waals surface area contributed by atoms with Gasteiger partial charge in [0.05, 0.1) is 0 Å². The first-order valence-electron chi connectivity index (χ1n) is 5.32. The summed E-state index contributed by atoms with van der Waals surface area (Å²) in [5.74, 6) is -0.861. The first kappa shape index (κ1) is 16.6. The number of nitrogens with zero attached hydrogens (tertiary/aromatic N) is 1. The quantitative estimate of drug-likeness (QED) is 0.499. The van der Waals surface area contributed by atoms with E-state index in [0.29, 0.717) is 5.75 Å². The molecule has 2 atom stereocenters. The summed E-state index contributed by atoms with van der Waals surface area (Å²) in [6.07, 6.45) is 0.980. The van der Waals surface area contributed by atoms with Gasteiger partial charge in [0, 0.05) is 23.5 Å². The van der Waals surface area contributed by atoms with E-state index in [2.05, 4.69) is 11.3 Å². The summed E-state index contributed by atoms with van der Waals surface area (Å²) in [5, 5.41) is 8.47. The van der Waals surface area contributed by atoms with Crippen molar-refractivity contribution in [1.29, 1.82) is 5.26 Å². The van der Waals surface area contributed by atoms with E-state index in [9.17, 15) is 14.0 Å². The Labute approximate surface area is 110 Å². The van der Waals surface area contributed by atoms with Crippen LogP contribution in [0.4, 0.5) is 4.39 Å². The van der Waals surface area contributed by atoms with Gasteiger partial charge in [0.2, 0.25) is 5.67 Å². The monoisotopic (exact) mass is 273 g/mol. The van der Waals surface area contributed by atoms with Gasteiger partial charge in [-0.05, 0) is 6.92 Å². The SMILES string of the molecule is C=CC(=O)OCC(=O)C(C)CSCC(C)(F)C#N. The van der Waals surface area contributed by atoms with Crippen LogP contribution in [0.1, 0.15) is 13.8 Å². The average Bonchev–Trinajstić information content (AvgIpc) is 2.34. The molecule has 0 saturated heterocycles. The van der Waals surface area contributed by atoms with Gasteiger partial charge in [0.25, 0.3) is 0 Å².